The molecule has 0 bridgehead atoms. The summed E-state index contributed by atoms with van der Waals surface area (Å²) in [4.78, 5) is 22.0. The standard InChI is InChI=1S/C11H11F2NO4/c1-11(18,10(16)17)5-14-9(15)8-6(12)3-2-4-7(8)13/h2-4,18H,5H2,1H3,(H,14,15)(H,16,17). The van der Waals surface area contributed by atoms with Gasteiger partial charge in [-0.05, 0) is 19.1 Å². The van der Waals surface area contributed by atoms with Gasteiger partial charge in [-0.15, -0.1) is 0 Å². The molecule has 98 valence electrons. The van der Waals surface area contributed by atoms with Crippen LogP contribution in [0, 0.1) is 11.6 Å². The molecule has 5 nitrogen and oxygen atoms in total. The van der Waals surface area contributed by atoms with E-state index >= 15 is 0 Å². The number of aliphatic carboxylic acids is 1. The molecule has 1 rings (SSSR count). The Morgan fingerprint density at radius 2 is 1.83 bits per heavy atom. The molecule has 0 aliphatic heterocycles. The van der Waals surface area contributed by atoms with E-state index in [1.165, 1.54) is 0 Å². The molecule has 3 N–H and O–H groups in total. The van der Waals surface area contributed by atoms with Crippen molar-refractivity contribution in [3.8, 4) is 0 Å². The largest absolute Gasteiger partial charge is 0.479 e. The van der Waals surface area contributed by atoms with Crippen molar-refractivity contribution in [3.05, 3.63) is 35.4 Å². The van der Waals surface area contributed by atoms with Crippen LogP contribution in [-0.4, -0.2) is 34.2 Å². The first kappa shape index (κ1) is 14.0. The normalized spacial score (nSPS) is 13.8. The summed E-state index contributed by atoms with van der Waals surface area (Å²) in [5, 5.41) is 19.9. The Kier molecular flexibility index (Phi) is 3.97. The third kappa shape index (κ3) is 3.01. The third-order valence-electron chi connectivity index (χ3n) is 2.24. The number of aliphatic hydroxyl groups is 1. The van der Waals surface area contributed by atoms with E-state index in [-0.39, 0.29) is 0 Å². The Labute approximate surface area is 101 Å². The second-order valence-corrected chi connectivity index (χ2v) is 3.86. The van der Waals surface area contributed by atoms with Crippen LogP contribution in [0.15, 0.2) is 18.2 Å². The maximum atomic E-state index is 13.2. The molecule has 0 saturated carbocycles. The van der Waals surface area contributed by atoms with E-state index in [9.17, 15) is 23.5 Å². The Morgan fingerprint density at radius 1 is 1.33 bits per heavy atom. The minimum absolute atomic E-state index is 0.672. The van der Waals surface area contributed by atoms with Crippen LogP contribution in [0.4, 0.5) is 8.78 Å². The summed E-state index contributed by atoms with van der Waals surface area (Å²) in [5.74, 6) is -4.83. The molecule has 0 fully saturated rings. The number of halogens is 2. The van der Waals surface area contributed by atoms with Gasteiger partial charge in [-0.3, -0.25) is 4.79 Å². The monoisotopic (exact) mass is 259 g/mol. The van der Waals surface area contributed by atoms with Crippen molar-refractivity contribution in [1.82, 2.24) is 5.32 Å². The summed E-state index contributed by atoms with van der Waals surface area (Å²) in [6.07, 6.45) is 0. The zero-order valence-corrected chi connectivity index (χ0v) is 9.41. The van der Waals surface area contributed by atoms with Crippen LogP contribution in [0.5, 0.6) is 0 Å². The number of hydrogen-bond donors (Lipinski definition) is 3. The molecular formula is C11H11F2NO4. The van der Waals surface area contributed by atoms with Gasteiger partial charge in [0.25, 0.3) is 5.91 Å². The quantitative estimate of drug-likeness (QED) is 0.736. The van der Waals surface area contributed by atoms with Gasteiger partial charge in [0.2, 0.25) is 0 Å². The Hall–Kier alpha value is -2.02. The lowest BCUT2D eigenvalue weighted by Gasteiger charge is -2.18. The molecule has 0 radical (unpaired) electrons. The number of hydrogen-bond acceptors (Lipinski definition) is 3. The molecule has 1 atom stereocenters. The molecule has 18 heavy (non-hydrogen) atoms. The number of carboxylic acid groups (broad SMARTS) is 1. The van der Waals surface area contributed by atoms with Gasteiger partial charge in [-0.2, -0.15) is 0 Å². The van der Waals surface area contributed by atoms with E-state index in [1.807, 2.05) is 5.32 Å². The average molecular weight is 259 g/mol. The highest BCUT2D eigenvalue weighted by atomic mass is 19.1. The lowest BCUT2D eigenvalue weighted by molar-refractivity contribution is -0.155. The summed E-state index contributed by atoms with van der Waals surface area (Å²) in [6, 6.07) is 2.88. The summed E-state index contributed by atoms with van der Waals surface area (Å²) in [5.41, 5.74) is -3.03. The molecule has 0 aromatic heterocycles. The Morgan fingerprint density at radius 3 is 2.28 bits per heavy atom. The molecule has 0 spiro atoms. The second kappa shape index (κ2) is 5.09. The highest BCUT2D eigenvalue weighted by molar-refractivity contribution is 5.95. The SMILES string of the molecule is CC(O)(CNC(=O)c1c(F)cccc1F)C(=O)O. The van der Waals surface area contributed by atoms with Crippen molar-refractivity contribution in [3.63, 3.8) is 0 Å². The van der Waals surface area contributed by atoms with E-state index in [2.05, 4.69) is 0 Å². The molecule has 0 aliphatic carbocycles. The lowest BCUT2D eigenvalue weighted by atomic mass is 10.1. The second-order valence-electron chi connectivity index (χ2n) is 3.86. The molecule has 0 saturated heterocycles. The van der Waals surface area contributed by atoms with Gasteiger partial charge in [0.05, 0.1) is 6.54 Å². The molecule has 1 aromatic carbocycles. The van der Waals surface area contributed by atoms with Crippen molar-refractivity contribution >= 4 is 11.9 Å². The van der Waals surface area contributed by atoms with Crippen LogP contribution >= 0.6 is 0 Å². The molecule has 1 unspecified atom stereocenters. The number of carboxylic acids is 1. The van der Waals surface area contributed by atoms with Gasteiger partial charge in [0, 0.05) is 0 Å². The minimum atomic E-state index is -2.21. The van der Waals surface area contributed by atoms with E-state index in [0.29, 0.717) is 0 Å². The molecule has 7 heteroatoms. The predicted molar refractivity (Wildman–Crippen MR) is 57.0 cm³/mol. The number of rotatable bonds is 4. The first-order valence-electron chi connectivity index (χ1n) is 4.93. The summed E-state index contributed by atoms with van der Waals surface area (Å²) < 4.78 is 26.4. The fraction of sp³-hybridized carbons (Fsp3) is 0.273. The van der Waals surface area contributed by atoms with Crippen molar-refractivity contribution in [2.45, 2.75) is 12.5 Å². The number of carbonyl (C=O) groups excluding carboxylic acids is 1. The van der Waals surface area contributed by atoms with E-state index in [4.69, 9.17) is 5.11 Å². The fourth-order valence-corrected chi connectivity index (χ4v) is 1.13. The number of carbonyl (C=O) groups is 2. The van der Waals surface area contributed by atoms with Crippen molar-refractivity contribution < 1.29 is 28.6 Å². The van der Waals surface area contributed by atoms with Crippen LogP contribution in [0.2, 0.25) is 0 Å². The number of benzene rings is 1. The topological polar surface area (TPSA) is 86.6 Å². The summed E-state index contributed by atoms with van der Waals surface area (Å²) in [6.45, 7) is 0.280. The van der Waals surface area contributed by atoms with Gasteiger partial charge in [0.15, 0.2) is 5.60 Å². The fourth-order valence-electron chi connectivity index (χ4n) is 1.13. The van der Waals surface area contributed by atoms with Crippen LogP contribution < -0.4 is 5.32 Å². The van der Waals surface area contributed by atoms with Gasteiger partial charge in [-0.1, -0.05) is 6.07 Å². The maximum Gasteiger partial charge on any atom is 0.337 e. The highest BCUT2D eigenvalue weighted by Crippen LogP contribution is 2.12. The summed E-state index contributed by atoms with van der Waals surface area (Å²) >= 11 is 0. The van der Waals surface area contributed by atoms with Crippen molar-refractivity contribution in [1.29, 1.82) is 0 Å². The summed E-state index contributed by atoms with van der Waals surface area (Å²) in [7, 11) is 0. The third-order valence-corrected chi connectivity index (χ3v) is 2.24. The number of amides is 1. The Bertz CT molecular complexity index is 468. The van der Waals surface area contributed by atoms with Gasteiger partial charge >= 0.3 is 5.97 Å². The van der Waals surface area contributed by atoms with Gasteiger partial charge < -0.3 is 15.5 Å². The molecule has 0 aliphatic rings. The zero-order chi connectivity index (χ0) is 13.9. The van der Waals surface area contributed by atoms with Gasteiger partial charge in [0.1, 0.15) is 17.2 Å². The Balaban J connectivity index is 2.82. The minimum Gasteiger partial charge on any atom is -0.479 e. The van der Waals surface area contributed by atoms with Crippen LogP contribution in [0.25, 0.3) is 0 Å². The van der Waals surface area contributed by atoms with E-state index in [1.54, 1.807) is 0 Å². The molecule has 1 aromatic rings. The molecule has 1 amide bonds. The van der Waals surface area contributed by atoms with E-state index < -0.39 is 41.2 Å². The first-order valence-corrected chi connectivity index (χ1v) is 4.93. The average Bonchev–Trinajstić information content (AvgIpc) is 2.26. The highest BCUT2D eigenvalue weighted by Gasteiger charge is 2.31. The number of nitrogens with one attached hydrogen (secondary N) is 1. The van der Waals surface area contributed by atoms with Gasteiger partial charge in [-0.25, -0.2) is 13.6 Å². The smallest absolute Gasteiger partial charge is 0.337 e. The van der Waals surface area contributed by atoms with Crippen LogP contribution in [0.1, 0.15) is 17.3 Å². The lowest BCUT2D eigenvalue weighted by Crippen LogP contribution is -2.46. The zero-order valence-electron chi connectivity index (χ0n) is 9.41. The predicted octanol–water partition coefficient (Wildman–Crippen LogP) is 0.530. The van der Waals surface area contributed by atoms with Crippen molar-refractivity contribution in [2.24, 2.45) is 0 Å². The first-order chi connectivity index (χ1) is 8.25. The molecule has 0 heterocycles. The van der Waals surface area contributed by atoms with Crippen LogP contribution in [0.3, 0.4) is 0 Å². The van der Waals surface area contributed by atoms with Crippen molar-refractivity contribution in [2.75, 3.05) is 6.54 Å². The van der Waals surface area contributed by atoms with Crippen LogP contribution in [-0.2, 0) is 4.79 Å². The molecular weight excluding hydrogens is 248 g/mol. The van der Waals surface area contributed by atoms with E-state index in [0.717, 1.165) is 25.1 Å². The maximum absolute atomic E-state index is 13.2.